The standard InChI is InChI=1S/C28H28O9/c1-23-11-18-25(3)28-20(23)27(22(32)37-28,34-12-16(23)19(30)35-18)15-8-7-13-5-4-6-17(29)24(13,2)14(15)9-10-26(28,33)21(31)36-25/h4-8,14-16,18,20,33H,9-12H2,1-3H3/t14-,15+,16-,18+,20+,23+,24-,25-,26+,27-,28-/m0/s1. The molecule has 6 fully saturated rings. The van der Waals surface area contributed by atoms with Gasteiger partial charge in [0.25, 0.3) is 0 Å². The van der Waals surface area contributed by atoms with Gasteiger partial charge in [-0.15, -0.1) is 0 Å². The Labute approximate surface area is 212 Å². The summed E-state index contributed by atoms with van der Waals surface area (Å²) in [5.74, 6) is -4.79. The minimum atomic E-state index is -2.20. The molecule has 11 atom stereocenters. The molecule has 0 aromatic carbocycles. The first-order valence-corrected chi connectivity index (χ1v) is 13.1. The zero-order chi connectivity index (χ0) is 26.0. The number of esters is 3. The number of hydrogen-bond acceptors (Lipinski definition) is 9. The number of aliphatic hydroxyl groups is 1. The van der Waals surface area contributed by atoms with Gasteiger partial charge < -0.3 is 24.1 Å². The van der Waals surface area contributed by atoms with Crippen molar-refractivity contribution in [3.63, 3.8) is 0 Å². The highest BCUT2D eigenvalue weighted by atomic mass is 16.7. The maximum absolute atomic E-state index is 14.3. The van der Waals surface area contributed by atoms with E-state index in [2.05, 4.69) is 0 Å². The Morgan fingerprint density at radius 1 is 1.03 bits per heavy atom. The molecule has 8 aliphatic rings. The van der Waals surface area contributed by atoms with Gasteiger partial charge in [0.05, 0.1) is 23.9 Å². The number of fused-ring (bicyclic) bond motifs is 5. The van der Waals surface area contributed by atoms with Crippen LogP contribution in [0.15, 0.2) is 36.0 Å². The van der Waals surface area contributed by atoms with Gasteiger partial charge >= 0.3 is 17.9 Å². The minimum absolute atomic E-state index is 0.0575. The molecule has 0 radical (unpaired) electrons. The fraction of sp³-hybridized carbons (Fsp3) is 0.643. The van der Waals surface area contributed by atoms with Crippen LogP contribution in [-0.2, 0) is 38.1 Å². The summed E-state index contributed by atoms with van der Waals surface area (Å²) in [5, 5.41) is 12.4. The largest absolute Gasteiger partial charge is 0.458 e. The van der Waals surface area contributed by atoms with Crippen molar-refractivity contribution >= 4 is 23.7 Å². The van der Waals surface area contributed by atoms with E-state index in [0.717, 1.165) is 5.57 Å². The maximum atomic E-state index is 14.3. The van der Waals surface area contributed by atoms with Crippen LogP contribution in [0.5, 0.6) is 0 Å². The first-order valence-electron chi connectivity index (χ1n) is 13.1. The average Bonchev–Trinajstić information content (AvgIpc) is 3.22. The fourth-order valence-corrected chi connectivity index (χ4v) is 9.95. The van der Waals surface area contributed by atoms with Crippen LogP contribution in [0.1, 0.15) is 40.0 Å². The molecule has 8 rings (SSSR count). The molecule has 1 spiro atoms. The maximum Gasteiger partial charge on any atom is 0.343 e. The third-order valence-corrected chi connectivity index (χ3v) is 11.7. The van der Waals surface area contributed by atoms with Gasteiger partial charge in [0, 0.05) is 5.92 Å². The molecule has 0 amide bonds. The van der Waals surface area contributed by atoms with Crippen molar-refractivity contribution in [1.29, 1.82) is 0 Å². The monoisotopic (exact) mass is 508 g/mol. The summed E-state index contributed by atoms with van der Waals surface area (Å²) >= 11 is 0. The van der Waals surface area contributed by atoms with Crippen molar-refractivity contribution in [2.24, 2.45) is 34.5 Å². The van der Waals surface area contributed by atoms with Crippen LogP contribution in [0.25, 0.3) is 0 Å². The van der Waals surface area contributed by atoms with Gasteiger partial charge in [0.2, 0.25) is 11.2 Å². The average molecular weight is 509 g/mol. The van der Waals surface area contributed by atoms with Crippen LogP contribution in [-0.4, -0.2) is 63.9 Å². The predicted molar refractivity (Wildman–Crippen MR) is 122 cm³/mol. The second kappa shape index (κ2) is 5.94. The summed E-state index contributed by atoms with van der Waals surface area (Å²) in [7, 11) is 0. The number of ether oxygens (including phenoxy) is 4. The molecular formula is C28H28O9. The quantitative estimate of drug-likeness (QED) is 0.381. The van der Waals surface area contributed by atoms with Gasteiger partial charge in [0.1, 0.15) is 6.10 Å². The Morgan fingerprint density at radius 3 is 2.59 bits per heavy atom. The molecule has 0 aromatic heterocycles. The Hall–Kier alpha value is -2.78. The van der Waals surface area contributed by atoms with Gasteiger partial charge in [-0.05, 0) is 56.1 Å². The molecule has 0 unspecified atom stereocenters. The Balaban J connectivity index is 1.46. The van der Waals surface area contributed by atoms with Crippen molar-refractivity contribution in [3.05, 3.63) is 36.0 Å². The van der Waals surface area contributed by atoms with E-state index in [9.17, 15) is 24.3 Å². The Bertz CT molecular complexity index is 1340. The van der Waals surface area contributed by atoms with Crippen molar-refractivity contribution in [1.82, 2.24) is 0 Å². The highest BCUT2D eigenvalue weighted by Gasteiger charge is 2.95. The lowest BCUT2D eigenvalue weighted by Gasteiger charge is -2.67. The molecule has 4 bridgehead atoms. The molecule has 0 aromatic rings. The van der Waals surface area contributed by atoms with E-state index in [-0.39, 0.29) is 25.2 Å². The van der Waals surface area contributed by atoms with E-state index < -0.39 is 80.9 Å². The smallest absolute Gasteiger partial charge is 0.343 e. The molecule has 194 valence electrons. The van der Waals surface area contributed by atoms with Crippen LogP contribution in [0.4, 0.5) is 0 Å². The topological polar surface area (TPSA) is 125 Å². The lowest BCUT2D eigenvalue weighted by atomic mass is 9.39. The van der Waals surface area contributed by atoms with Crippen molar-refractivity contribution < 1.29 is 43.2 Å². The molecule has 37 heavy (non-hydrogen) atoms. The zero-order valence-corrected chi connectivity index (χ0v) is 20.8. The summed E-state index contributed by atoms with van der Waals surface area (Å²) in [6.45, 7) is 5.33. The summed E-state index contributed by atoms with van der Waals surface area (Å²) < 4.78 is 24.6. The third-order valence-electron chi connectivity index (χ3n) is 11.7. The first-order chi connectivity index (χ1) is 17.4. The lowest BCUT2D eigenvalue weighted by molar-refractivity contribution is -0.329. The highest BCUT2D eigenvalue weighted by molar-refractivity contribution is 6.00. The summed E-state index contributed by atoms with van der Waals surface area (Å²) in [4.78, 5) is 54.7. The summed E-state index contributed by atoms with van der Waals surface area (Å²) in [6.07, 6.45) is 8.59. The molecule has 4 heterocycles. The van der Waals surface area contributed by atoms with E-state index >= 15 is 0 Å². The molecule has 4 aliphatic carbocycles. The Kier molecular flexibility index (Phi) is 3.57. The van der Waals surface area contributed by atoms with Crippen LogP contribution in [0, 0.1) is 34.5 Å². The summed E-state index contributed by atoms with van der Waals surface area (Å²) in [6, 6.07) is 0. The predicted octanol–water partition coefficient (Wildman–Crippen LogP) is 1.33. The second-order valence-electron chi connectivity index (χ2n) is 12.8. The van der Waals surface area contributed by atoms with Crippen molar-refractivity contribution in [3.8, 4) is 0 Å². The number of rotatable bonds is 0. The van der Waals surface area contributed by atoms with Crippen molar-refractivity contribution in [2.45, 2.75) is 68.5 Å². The van der Waals surface area contributed by atoms with E-state index in [1.807, 2.05) is 32.1 Å². The summed E-state index contributed by atoms with van der Waals surface area (Å²) in [5.41, 5.74) is -8.27. The molecule has 4 aliphatic heterocycles. The van der Waals surface area contributed by atoms with Crippen molar-refractivity contribution in [2.75, 3.05) is 6.61 Å². The third kappa shape index (κ3) is 1.88. The second-order valence-corrected chi connectivity index (χ2v) is 12.8. The molecule has 9 nitrogen and oxygen atoms in total. The molecule has 1 N–H and O–H groups in total. The number of allylic oxidation sites excluding steroid dienone is 5. The van der Waals surface area contributed by atoms with E-state index in [1.165, 1.54) is 6.08 Å². The van der Waals surface area contributed by atoms with Gasteiger partial charge in [0.15, 0.2) is 17.0 Å². The van der Waals surface area contributed by atoms with Crippen LogP contribution >= 0.6 is 0 Å². The van der Waals surface area contributed by atoms with E-state index in [4.69, 9.17) is 18.9 Å². The number of ketones is 1. The van der Waals surface area contributed by atoms with Gasteiger partial charge in [-0.2, -0.15) is 0 Å². The molecular weight excluding hydrogens is 480 g/mol. The normalized spacial score (nSPS) is 57.8. The van der Waals surface area contributed by atoms with Crippen LogP contribution in [0.3, 0.4) is 0 Å². The van der Waals surface area contributed by atoms with Crippen LogP contribution in [0.2, 0.25) is 0 Å². The number of hydrogen-bond donors (Lipinski definition) is 1. The van der Waals surface area contributed by atoms with Gasteiger partial charge in [-0.3, -0.25) is 9.59 Å². The minimum Gasteiger partial charge on any atom is -0.458 e. The first kappa shape index (κ1) is 22.2. The van der Waals surface area contributed by atoms with E-state index in [1.54, 1.807) is 13.0 Å². The number of carbonyl (C=O) groups excluding carboxylic acids is 4. The number of carbonyl (C=O) groups is 4. The highest BCUT2D eigenvalue weighted by Crippen LogP contribution is 2.76. The van der Waals surface area contributed by atoms with Gasteiger partial charge in [-0.25, -0.2) is 9.59 Å². The fourth-order valence-electron chi connectivity index (χ4n) is 9.95. The lowest BCUT2D eigenvalue weighted by Crippen LogP contribution is -2.82. The van der Waals surface area contributed by atoms with Crippen LogP contribution < -0.4 is 0 Å². The van der Waals surface area contributed by atoms with E-state index in [0.29, 0.717) is 6.42 Å². The molecule has 4 saturated heterocycles. The zero-order valence-electron chi connectivity index (χ0n) is 20.8. The van der Waals surface area contributed by atoms with Gasteiger partial charge in [-0.1, -0.05) is 31.2 Å². The molecule has 2 saturated carbocycles. The molecule has 9 heteroatoms. The SMILES string of the molecule is C[C@]12C(=O)C=CC=C1C=C[C@@H]1[C@@H]2CC[C@@]2(O)C(=O)O[C@@]3(C)[C@H]4C[C@@]5(C)[C@@H]6[C@]1(OC[C@H]5C(=O)O4)C(=O)O[C@]623. The Morgan fingerprint density at radius 2 is 1.81 bits per heavy atom.